The molecule has 28 heavy (non-hydrogen) atoms. The Bertz CT molecular complexity index is 953. The van der Waals surface area contributed by atoms with Crippen molar-refractivity contribution in [3.63, 3.8) is 0 Å². The molecule has 3 aromatic rings. The molecule has 0 unspecified atom stereocenters. The summed E-state index contributed by atoms with van der Waals surface area (Å²) in [6.07, 6.45) is 3.31. The Morgan fingerprint density at radius 2 is 2.14 bits per heavy atom. The van der Waals surface area contributed by atoms with E-state index in [9.17, 15) is 9.18 Å². The average molecular weight is 383 g/mol. The molecule has 4 rings (SSSR count). The number of amides is 2. The molecule has 2 aromatic heterocycles. The highest BCUT2D eigenvalue weighted by atomic mass is 19.1. The lowest BCUT2D eigenvalue weighted by atomic mass is 10.0. The first-order valence-electron chi connectivity index (χ1n) is 9.25. The number of anilines is 2. The third-order valence-electron chi connectivity index (χ3n) is 4.84. The second-order valence-corrected chi connectivity index (χ2v) is 6.85. The molecule has 146 valence electrons. The number of carbonyl (C=O) groups is 1. The zero-order chi connectivity index (χ0) is 19.5. The Morgan fingerprint density at radius 3 is 2.93 bits per heavy atom. The molecule has 0 spiro atoms. The Morgan fingerprint density at radius 1 is 1.29 bits per heavy atom. The number of para-hydroxylation sites is 1. The minimum absolute atomic E-state index is 0.0638. The number of halogens is 1. The van der Waals surface area contributed by atoms with Gasteiger partial charge in [-0.1, -0.05) is 12.1 Å². The van der Waals surface area contributed by atoms with Crippen LogP contribution in [0.25, 0.3) is 11.5 Å². The Hall–Kier alpha value is -3.29. The zero-order valence-corrected chi connectivity index (χ0v) is 15.6. The predicted molar refractivity (Wildman–Crippen MR) is 105 cm³/mol. The highest BCUT2D eigenvalue weighted by molar-refractivity contribution is 5.89. The molecule has 1 aromatic carbocycles. The first kappa shape index (κ1) is 18.1. The van der Waals surface area contributed by atoms with Crippen LogP contribution >= 0.6 is 0 Å². The molecular weight excluding hydrogens is 361 g/mol. The molecule has 3 heterocycles. The molecule has 2 N–H and O–H groups in total. The van der Waals surface area contributed by atoms with Gasteiger partial charge in [-0.15, -0.1) is 0 Å². The lowest BCUT2D eigenvalue weighted by Gasteiger charge is -2.34. The largest absolute Gasteiger partial charge is 0.463 e. The summed E-state index contributed by atoms with van der Waals surface area (Å²) in [6, 6.07) is 11.7. The maximum Gasteiger partial charge on any atom is 0.320 e. The van der Waals surface area contributed by atoms with Crippen LogP contribution in [0, 0.1) is 5.82 Å². The van der Waals surface area contributed by atoms with Crippen LogP contribution in [0.2, 0.25) is 0 Å². The average Bonchev–Trinajstić information content (AvgIpc) is 3.33. The van der Waals surface area contributed by atoms with E-state index in [1.54, 1.807) is 42.3 Å². The second kappa shape index (κ2) is 7.75. The van der Waals surface area contributed by atoms with Crippen LogP contribution in [0.15, 0.2) is 53.1 Å². The maximum absolute atomic E-state index is 14.1. The summed E-state index contributed by atoms with van der Waals surface area (Å²) in [4.78, 5) is 14.4. The highest BCUT2D eigenvalue weighted by Gasteiger charge is 2.23. The van der Waals surface area contributed by atoms with E-state index in [0.29, 0.717) is 29.5 Å². The van der Waals surface area contributed by atoms with Crippen LogP contribution in [0.3, 0.4) is 0 Å². The SMILES string of the molecule is Cn1nc(-c2ccco2)cc1NC(=O)N[C@H]1CCCN(c2ccccc2F)C1. The number of hydrogen-bond donors (Lipinski definition) is 2. The van der Waals surface area contributed by atoms with Crippen LogP contribution in [-0.2, 0) is 7.05 Å². The van der Waals surface area contributed by atoms with Gasteiger partial charge in [-0.2, -0.15) is 5.10 Å². The monoisotopic (exact) mass is 383 g/mol. The van der Waals surface area contributed by atoms with Crippen molar-refractivity contribution < 1.29 is 13.6 Å². The van der Waals surface area contributed by atoms with Gasteiger partial charge in [-0.25, -0.2) is 9.18 Å². The number of rotatable bonds is 4. The van der Waals surface area contributed by atoms with Crippen LogP contribution < -0.4 is 15.5 Å². The summed E-state index contributed by atoms with van der Waals surface area (Å²) >= 11 is 0. The summed E-state index contributed by atoms with van der Waals surface area (Å²) < 4.78 is 21.0. The minimum Gasteiger partial charge on any atom is -0.463 e. The summed E-state index contributed by atoms with van der Waals surface area (Å²) in [5, 5.41) is 10.1. The van der Waals surface area contributed by atoms with Crippen molar-refractivity contribution in [2.24, 2.45) is 7.05 Å². The lowest BCUT2D eigenvalue weighted by molar-refractivity contribution is 0.246. The molecule has 0 saturated carbocycles. The van der Waals surface area contributed by atoms with E-state index < -0.39 is 0 Å². The number of aromatic nitrogens is 2. The normalized spacial score (nSPS) is 16.8. The number of piperidine rings is 1. The van der Waals surface area contributed by atoms with E-state index in [1.165, 1.54) is 6.07 Å². The fourth-order valence-electron chi connectivity index (χ4n) is 3.49. The Kier molecular flexibility index (Phi) is 5.01. The van der Waals surface area contributed by atoms with Crippen molar-refractivity contribution in [2.75, 3.05) is 23.3 Å². The fraction of sp³-hybridized carbons (Fsp3) is 0.300. The Balaban J connectivity index is 1.38. The van der Waals surface area contributed by atoms with Crippen molar-refractivity contribution in [1.29, 1.82) is 0 Å². The lowest BCUT2D eigenvalue weighted by Crippen LogP contribution is -2.49. The van der Waals surface area contributed by atoms with Gasteiger partial charge in [0.2, 0.25) is 0 Å². The van der Waals surface area contributed by atoms with Crippen molar-refractivity contribution in [3.05, 3.63) is 54.5 Å². The fourth-order valence-corrected chi connectivity index (χ4v) is 3.49. The van der Waals surface area contributed by atoms with E-state index in [4.69, 9.17) is 4.42 Å². The van der Waals surface area contributed by atoms with Gasteiger partial charge in [-0.05, 0) is 37.1 Å². The smallest absolute Gasteiger partial charge is 0.320 e. The topological polar surface area (TPSA) is 75.3 Å². The number of urea groups is 1. The third kappa shape index (κ3) is 3.85. The molecule has 2 amide bonds. The number of nitrogens with zero attached hydrogens (tertiary/aromatic N) is 3. The predicted octanol–water partition coefficient (Wildman–Crippen LogP) is 3.61. The number of aryl methyl sites for hydroxylation is 1. The van der Waals surface area contributed by atoms with E-state index >= 15 is 0 Å². The van der Waals surface area contributed by atoms with Gasteiger partial charge in [-0.3, -0.25) is 10.00 Å². The third-order valence-corrected chi connectivity index (χ3v) is 4.84. The minimum atomic E-state index is -0.311. The van der Waals surface area contributed by atoms with E-state index in [-0.39, 0.29) is 17.9 Å². The van der Waals surface area contributed by atoms with Gasteiger partial charge in [0, 0.05) is 32.2 Å². The number of hydrogen-bond acceptors (Lipinski definition) is 4. The van der Waals surface area contributed by atoms with Crippen LogP contribution in [-0.4, -0.2) is 34.9 Å². The molecule has 1 fully saturated rings. The highest BCUT2D eigenvalue weighted by Crippen LogP contribution is 2.24. The summed E-state index contributed by atoms with van der Waals surface area (Å²) in [6.45, 7) is 1.34. The van der Waals surface area contributed by atoms with Crippen molar-refractivity contribution in [1.82, 2.24) is 15.1 Å². The standard InChI is InChI=1S/C20H22FN5O2/c1-25-19(12-16(24-25)18-9-5-11-28-18)23-20(27)22-14-6-4-10-26(13-14)17-8-3-2-7-15(17)21/h2-3,5,7-9,11-12,14H,4,6,10,13H2,1H3,(H2,22,23,27)/t14-/m0/s1. The van der Waals surface area contributed by atoms with Crippen LogP contribution in [0.1, 0.15) is 12.8 Å². The summed E-state index contributed by atoms with van der Waals surface area (Å²) in [7, 11) is 1.75. The molecule has 1 saturated heterocycles. The molecule has 7 nitrogen and oxygen atoms in total. The molecule has 1 atom stereocenters. The second-order valence-electron chi connectivity index (χ2n) is 6.85. The number of nitrogens with one attached hydrogen (secondary N) is 2. The van der Waals surface area contributed by atoms with Gasteiger partial charge in [0.25, 0.3) is 0 Å². The van der Waals surface area contributed by atoms with Gasteiger partial charge >= 0.3 is 6.03 Å². The molecule has 0 bridgehead atoms. The van der Waals surface area contributed by atoms with Crippen molar-refractivity contribution in [3.8, 4) is 11.5 Å². The number of furan rings is 1. The first-order valence-corrected chi connectivity index (χ1v) is 9.25. The Labute approximate surface area is 162 Å². The molecule has 0 radical (unpaired) electrons. The van der Waals surface area contributed by atoms with E-state index in [1.807, 2.05) is 17.0 Å². The first-order chi connectivity index (χ1) is 13.6. The molecule has 1 aliphatic heterocycles. The maximum atomic E-state index is 14.1. The molecule has 1 aliphatic rings. The molecule has 8 heteroatoms. The van der Waals surface area contributed by atoms with Gasteiger partial charge < -0.3 is 14.6 Å². The van der Waals surface area contributed by atoms with Gasteiger partial charge in [0.05, 0.1) is 12.0 Å². The van der Waals surface area contributed by atoms with Crippen LogP contribution in [0.5, 0.6) is 0 Å². The summed E-state index contributed by atoms with van der Waals surface area (Å²) in [5.41, 5.74) is 1.22. The molecular formula is C20H22FN5O2. The van der Waals surface area contributed by atoms with Crippen LogP contribution in [0.4, 0.5) is 20.7 Å². The summed E-state index contributed by atoms with van der Waals surface area (Å²) in [5.74, 6) is 0.954. The zero-order valence-electron chi connectivity index (χ0n) is 15.6. The van der Waals surface area contributed by atoms with Gasteiger partial charge in [0.1, 0.15) is 17.3 Å². The number of carbonyl (C=O) groups excluding carboxylic acids is 1. The number of benzene rings is 1. The van der Waals surface area contributed by atoms with Gasteiger partial charge in [0.15, 0.2) is 5.76 Å². The van der Waals surface area contributed by atoms with Crippen molar-refractivity contribution in [2.45, 2.75) is 18.9 Å². The molecule has 0 aliphatic carbocycles. The quantitative estimate of drug-likeness (QED) is 0.722. The van der Waals surface area contributed by atoms with E-state index in [0.717, 1.165) is 19.4 Å². The van der Waals surface area contributed by atoms with Crippen molar-refractivity contribution >= 4 is 17.5 Å². The van der Waals surface area contributed by atoms with E-state index in [2.05, 4.69) is 15.7 Å².